The van der Waals surface area contributed by atoms with Crippen molar-refractivity contribution in [3.8, 4) is 23.1 Å². The molecular weight excluding hydrogens is 382 g/mol. The predicted molar refractivity (Wildman–Crippen MR) is 100 cm³/mol. The summed E-state index contributed by atoms with van der Waals surface area (Å²) in [5.74, 6) is 0.397. The molecule has 2 amide bonds. The summed E-state index contributed by atoms with van der Waals surface area (Å²) in [6, 6.07) is 5.02. The van der Waals surface area contributed by atoms with Gasteiger partial charge in [-0.3, -0.25) is 9.59 Å². The highest BCUT2D eigenvalue weighted by Crippen LogP contribution is 2.24. The Kier molecular flexibility index (Phi) is 4.74. The lowest BCUT2D eigenvalue weighted by atomic mass is 10.2. The van der Waals surface area contributed by atoms with E-state index in [0.717, 1.165) is 0 Å². The summed E-state index contributed by atoms with van der Waals surface area (Å²) in [5.41, 5.74) is 3.21. The Morgan fingerprint density at radius 2 is 2.11 bits per heavy atom. The average Bonchev–Trinajstić information content (AvgIpc) is 3.39. The first-order valence-electron chi connectivity index (χ1n) is 8.47. The van der Waals surface area contributed by atoms with E-state index in [2.05, 4.69) is 20.3 Å². The Hall–Kier alpha value is -3.34. The van der Waals surface area contributed by atoms with Gasteiger partial charge in [-0.05, 0) is 12.1 Å². The molecule has 28 heavy (non-hydrogen) atoms. The summed E-state index contributed by atoms with van der Waals surface area (Å²) in [6.07, 6.45) is 0. The van der Waals surface area contributed by atoms with Crippen LogP contribution < -0.4 is 4.74 Å². The summed E-state index contributed by atoms with van der Waals surface area (Å²) in [5, 5.41) is 14.4. The van der Waals surface area contributed by atoms with Crippen molar-refractivity contribution in [3.05, 3.63) is 34.8 Å². The first kappa shape index (κ1) is 18.0. The first-order chi connectivity index (χ1) is 13.6. The van der Waals surface area contributed by atoms with E-state index in [9.17, 15) is 9.59 Å². The number of carbonyl (C=O) groups is 2. The summed E-state index contributed by atoms with van der Waals surface area (Å²) < 4.78 is 6.56. The third-order valence-corrected chi connectivity index (χ3v) is 5.01. The number of ether oxygens (including phenoxy) is 1. The van der Waals surface area contributed by atoms with E-state index in [-0.39, 0.29) is 24.1 Å². The molecule has 4 rings (SSSR count). The molecule has 4 heterocycles. The van der Waals surface area contributed by atoms with E-state index >= 15 is 0 Å². The zero-order chi connectivity index (χ0) is 19.7. The lowest BCUT2D eigenvalue weighted by molar-refractivity contribution is -0.133. The Bertz CT molecular complexity index is 1000. The molecular formula is C17H17N7O3S. The van der Waals surface area contributed by atoms with Gasteiger partial charge in [0.1, 0.15) is 6.54 Å². The van der Waals surface area contributed by atoms with Gasteiger partial charge >= 0.3 is 0 Å². The second kappa shape index (κ2) is 7.35. The third-order valence-electron chi connectivity index (χ3n) is 4.42. The van der Waals surface area contributed by atoms with Gasteiger partial charge in [-0.1, -0.05) is 0 Å². The molecule has 0 N–H and O–H groups in total. The van der Waals surface area contributed by atoms with Crippen molar-refractivity contribution < 1.29 is 14.3 Å². The van der Waals surface area contributed by atoms with E-state index in [1.807, 2.05) is 5.38 Å². The monoisotopic (exact) mass is 399 g/mol. The smallest absolute Gasteiger partial charge is 0.274 e. The number of nitrogens with zero attached hydrogens (tertiary/aromatic N) is 7. The standard InChI is InChI=1S/C17H17N7O3S/c1-22-5-6-23(8-16(22)25)17(26)11-7-13(12-9-28-10-18-12)24(21-11)14-3-4-15(27-2)20-19-14/h3-4,7,9-10H,5-6,8H2,1-2H3. The average molecular weight is 399 g/mol. The van der Waals surface area contributed by atoms with Crippen molar-refractivity contribution in [3.63, 3.8) is 0 Å². The van der Waals surface area contributed by atoms with Crippen molar-refractivity contribution in [2.24, 2.45) is 0 Å². The van der Waals surface area contributed by atoms with Gasteiger partial charge in [0.25, 0.3) is 5.91 Å². The zero-order valence-electron chi connectivity index (χ0n) is 15.3. The van der Waals surface area contributed by atoms with Crippen LogP contribution in [0.4, 0.5) is 0 Å². The zero-order valence-corrected chi connectivity index (χ0v) is 16.1. The summed E-state index contributed by atoms with van der Waals surface area (Å²) >= 11 is 1.44. The minimum Gasteiger partial charge on any atom is -0.480 e. The van der Waals surface area contributed by atoms with Gasteiger partial charge in [-0.2, -0.15) is 5.10 Å². The molecule has 1 fully saturated rings. The molecule has 0 bridgehead atoms. The molecule has 10 nitrogen and oxygen atoms in total. The molecule has 0 aromatic carbocycles. The number of carbonyl (C=O) groups excluding carboxylic acids is 2. The second-order valence-corrected chi connectivity index (χ2v) is 6.89. The molecule has 3 aromatic rings. The minimum atomic E-state index is -0.307. The SMILES string of the molecule is COc1ccc(-n2nc(C(=O)N3CCN(C)C(=O)C3)cc2-c2cscn2)nn1. The van der Waals surface area contributed by atoms with Crippen LogP contribution in [-0.2, 0) is 4.79 Å². The largest absolute Gasteiger partial charge is 0.480 e. The van der Waals surface area contributed by atoms with Crippen LogP contribution in [-0.4, -0.2) is 80.4 Å². The quantitative estimate of drug-likeness (QED) is 0.636. The summed E-state index contributed by atoms with van der Waals surface area (Å²) in [7, 11) is 3.23. The molecule has 0 atom stereocenters. The van der Waals surface area contributed by atoms with Gasteiger partial charge in [0.2, 0.25) is 11.8 Å². The van der Waals surface area contributed by atoms with Crippen LogP contribution in [0.25, 0.3) is 17.2 Å². The van der Waals surface area contributed by atoms with Gasteiger partial charge in [0, 0.05) is 31.6 Å². The molecule has 144 valence electrons. The highest BCUT2D eigenvalue weighted by Gasteiger charge is 2.28. The van der Waals surface area contributed by atoms with Crippen LogP contribution in [0.5, 0.6) is 5.88 Å². The number of aromatic nitrogens is 5. The molecule has 11 heteroatoms. The van der Waals surface area contributed by atoms with Gasteiger partial charge in [-0.15, -0.1) is 21.5 Å². The fourth-order valence-corrected chi connectivity index (χ4v) is 3.36. The lowest BCUT2D eigenvalue weighted by Crippen LogP contribution is -2.50. The van der Waals surface area contributed by atoms with E-state index in [4.69, 9.17) is 4.74 Å². The number of piperazine rings is 1. The number of likely N-dealkylation sites (N-methyl/N-ethyl adjacent to an activating group) is 1. The topological polar surface area (TPSA) is 106 Å². The van der Waals surface area contributed by atoms with Gasteiger partial charge in [-0.25, -0.2) is 9.67 Å². The molecule has 0 aliphatic carbocycles. The number of amides is 2. The Morgan fingerprint density at radius 3 is 2.75 bits per heavy atom. The van der Waals surface area contributed by atoms with Crippen molar-refractivity contribution in [1.29, 1.82) is 0 Å². The van der Waals surface area contributed by atoms with Gasteiger partial charge in [0.15, 0.2) is 11.5 Å². The third kappa shape index (κ3) is 3.31. The van der Waals surface area contributed by atoms with Crippen molar-refractivity contribution in [2.75, 3.05) is 33.8 Å². The fraction of sp³-hybridized carbons (Fsp3) is 0.294. The molecule has 1 saturated heterocycles. The molecule has 1 aliphatic rings. The second-order valence-electron chi connectivity index (χ2n) is 6.18. The van der Waals surface area contributed by atoms with Crippen molar-refractivity contribution in [2.45, 2.75) is 0 Å². The molecule has 1 aliphatic heterocycles. The van der Waals surface area contributed by atoms with Crippen molar-refractivity contribution in [1.82, 2.24) is 34.8 Å². The van der Waals surface area contributed by atoms with Gasteiger partial charge < -0.3 is 14.5 Å². The van der Waals surface area contributed by atoms with Crippen LogP contribution in [0.3, 0.4) is 0 Å². The first-order valence-corrected chi connectivity index (χ1v) is 9.41. The molecule has 0 saturated carbocycles. The Morgan fingerprint density at radius 1 is 1.25 bits per heavy atom. The number of methoxy groups -OCH3 is 1. The highest BCUT2D eigenvalue weighted by molar-refractivity contribution is 7.07. The molecule has 0 radical (unpaired) electrons. The maximum atomic E-state index is 12.9. The van der Waals surface area contributed by atoms with E-state index in [1.165, 1.54) is 28.0 Å². The normalized spacial score (nSPS) is 14.4. The Labute approximate surface area is 164 Å². The van der Waals surface area contributed by atoms with Gasteiger partial charge in [0.05, 0.1) is 24.0 Å². The Balaban J connectivity index is 1.71. The van der Waals surface area contributed by atoms with Crippen LogP contribution in [0.1, 0.15) is 10.5 Å². The van der Waals surface area contributed by atoms with Crippen molar-refractivity contribution >= 4 is 23.2 Å². The van der Waals surface area contributed by atoms with Crippen LogP contribution in [0.2, 0.25) is 0 Å². The van der Waals surface area contributed by atoms with Crippen LogP contribution in [0.15, 0.2) is 29.1 Å². The minimum absolute atomic E-state index is 0.0383. The lowest BCUT2D eigenvalue weighted by Gasteiger charge is -2.31. The van der Waals surface area contributed by atoms with E-state index in [0.29, 0.717) is 36.2 Å². The fourth-order valence-electron chi connectivity index (χ4n) is 2.81. The maximum Gasteiger partial charge on any atom is 0.274 e. The molecule has 0 unspecified atom stereocenters. The van der Waals surface area contributed by atoms with E-state index < -0.39 is 0 Å². The summed E-state index contributed by atoms with van der Waals surface area (Å²) in [4.78, 5) is 32.3. The number of hydrogen-bond acceptors (Lipinski definition) is 8. The molecule has 0 spiro atoms. The van der Waals surface area contributed by atoms with E-state index in [1.54, 1.807) is 35.7 Å². The number of hydrogen-bond donors (Lipinski definition) is 0. The summed E-state index contributed by atoms with van der Waals surface area (Å²) in [6.45, 7) is 0.993. The number of rotatable bonds is 4. The van der Waals surface area contributed by atoms with Crippen LogP contribution in [0, 0.1) is 0 Å². The maximum absolute atomic E-state index is 12.9. The van der Waals surface area contributed by atoms with Crippen LogP contribution >= 0.6 is 11.3 Å². The highest BCUT2D eigenvalue weighted by atomic mass is 32.1. The molecule has 3 aromatic heterocycles. The predicted octanol–water partition coefficient (Wildman–Crippen LogP) is 0.709. The number of thiazole rings is 1.